The molecule has 0 radical (unpaired) electrons. The van der Waals surface area contributed by atoms with E-state index in [4.69, 9.17) is 14.2 Å². The van der Waals surface area contributed by atoms with Crippen LogP contribution in [0.25, 0.3) is 10.9 Å². The van der Waals surface area contributed by atoms with Crippen LogP contribution in [0, 0.1) is 10.1 Å². The Kier molecular flexibility index (Phi) is 9.56. The Hall–Kier alpha value is -3.80. The van der Waals surface area contributed by atoms with Crippen LogP contribution in [0.4, 0.5) is 5.69 Å². The van der Waals surface area contributed by atoms with Gasteiger partial charge in [0.25, 0.3) is 5.56 Å². The van der Waals surface area contributed by atoms with E-state index in [1.165, 1.54) is 29.9 Å². The number of fused-ring (bicyclic) bond motifs is 1. The van der Waals surface area contributed by atoms with Crippen molar-refractivity contribution < 1.29 is 23.9 Å². The highest BCUT2D eigenvalue weighted by Crippen LogP contribution is 2.39. The van der Waals surface area contributed by atoms with Gasteiger partial charge in [-0.1, -0.05) is 29.8 Å². The Labute approximate surface area is 227 Å². The van der Waals surface area contributed by atoms with Crippen molar-refractivity contribution in [3.8, 4) is 11.5 Å². The zero-order valence-electron chi connectivity index (χ0n) is 21.8. The fourth-order valence-corrected chi connectivity index (χ4v) is 3.95. The molecule has 3 rings (SSSR count). The second-order valence-electron chi connectivity index (χ2n) is 8.37. The van der Waals surface area contributed by atoms with Crippen LogP contribution in [-0.4, -0.2) is 46.1 Å². The second kappa shape index (κ2) is 12.6. The fraction of sp³-hybridized carbons (Fsp3) is 0.385. The number of nitrogens with zero attached hydrogens (tertiary/aromatic N) is 4. The number of nitro groups is 1. The van der Waals surface area contributed by atoms with Gasteiger partial charge < -0.3 is 14.2 Å². The number of benzene rings is 2. The molecule has 38 heavy (non-hydrogen) atoms. The average molecular weight is 589 g/mol. The molecular weight excluding hydrogens is 560 g/mol. The third-order valence-electron chi connectivity index (χ3n) is 5.68. The number of esters is 1. The van der Waals surface area contributed by atoms with Crippen LogP contribution < -0.4 is 15.0 Å². The highest BCUT2D eigenvalue weighted by atomic mass is 79.9. The van der Waals surface area contributed by atoms with Crippen molar-refractivity contribution in [2.45, 2.75) is 53.1 Å². The zero-order chi connectivity index (χ0) is 28.0. The molecule has 0 aliphatic heterocycles. The van der Waals surface area contributed by atoms with Gasteiger partial charge in [0, 0.05) is 22.0 Å². The summed E-state index contributed by atoms with van der Waals surface area (Å²) in [6.07, 6.45) is 0.939. The molecule has 2 atom stereocenters. The second-order valence-corrected chi connectivity index (χ2v) is 9.29. The van der Waals surface area contributed by atoms with E-state index in [0.29, 0.717) is 23.1 Å². The Balaban J connectivity index is 2.14. The lowest BCUT2D eigenvalue weighted by Crippen LogP contribution is -2.26. The van der Waals surface area contributed by atoms with Crippen molar-refractivity contribution in [1.82, 2.24) is 9.66 Å². The van der Waals surface area contributed by atoms with Crippen molar-refractivity contribution in [3.63, 3.8) is 0 Å². The molecule has 0 aliphatic carbocycles. The largest absolute Gasteiger partial charge is 0.490 e. The van der Waals surface area contributed by atoms with Gasteiger partial charge in [-0.3, -0.25) is 14.9 Å². The van der Waals surface area contributed by atoms with E-state index in [0.717, 1.165) is 4.47 Å². The van der Waals surface area contributed by atoms with Gasteiger partial charge in [0.2, 0.25) is 5.75 Å². The number of ether oxygens (including phenoxy) is 3. The molecule has 0 amide bonds. The minimum atomic E-state index is -1.10. The minimum Gasteiger partial charge on any atom is -0.490 e. The summed E-state index contributed by atoms with van der Waals surface area (Å²) in [5, 5.41) is 16.7. The normalized spacial score (nSPS) is 12.9. The first-order valence-corrected chi connectivity index (χ1v) is 13.0. The summed E-state index contributed by atoms with van der Waals surface area (Å²) < 4.78 is 18.1. The molecule has 1 aromatic heterocycles. The zero-order valence-corrected chi connectivity index (χ0v) is 23.4. The van der Waals surface area contributed by atoms with E-state index in [1.807, 2.05) is 19.9 Å². The number of carbonyl (C=O) groups is 1. The molecule has 12 heteroatoms. The summed E-state index contributed by atoms with van der Waals surface area (Å²) in [5.74, 6) is -0.437. The lowest BCUT2D eigenvalue weighted by molar-refractivity contribution is -0.386. The van der Waals surface area contributed by atoms with E-state index in [2.05, 4.69) is 26.0 Å². The molecule has 202 valence electrons. The number of aromatic nitrogens is 2. The molecule has 0 bridgehead atoms. The van der Waals surface area contributed by atoms with Crippen LogP contribution in [0.3, 0.4) is 0 Å². The van der Waals surface area contributed by atoms with Crippen molar-refractivity contribution in [2.24, 2.45) is 5.10 Å². The van der Waals surface area contributed by atoms with E-state index < -0.39 is 22.7 Å². The van der Waals surface area contributed by atoms with Crippen LogP contribution in [-0.2, 0) is 9.53 Å². The van der Waals surface area contributed by atoms with Gasteiger partial charge in [0.05, 0.1) is 35.3 Å². The Bertz CT molecular complexity index is 1440. The first-order valence-electron chi connectivity index (χ1n) is 12.2. The maximum Gasteiger partial charge on any atom is 0.347 e. The van der Waals surface area contributed by atoms with Gasteiger partial charge in [-0.05, 0) is 51.5 Å². The molecule has 0 fully saturated rings. The van der Waals surface area contributed by atoms with Crippen LogP contribution in [0.2, 0.25) is 0 Å². The highest BCUT2D eigenvalue weighted by Gasteiger charge is 2.27. The Morgan fingerprint density at radius 1 is 1.21 bits per heavy atom. The molecule has 0 spiro atoms. The van der Waals surface area contributed by atoms with Crippen molar-refractivity contribution >= 4 is 44.7 Å². The summed E-state index contributed by atoms with van der Waals surface area (Å²) in [7, 11) is 0. The molecule has 0 aliphatic rings. The molecule has 1 heterocycles. The van der Waals surface area contributed by atoms with Crippen molar-refractivity contribution in [3.05, 3.63) is 66.7 Å². The predicted molar refractivity (Wildman–Crippen MR) is 146 cm³/mol. The SMILES string of the molecule is CCOC(=O)[C@@H](C)Oc1c(OCC)cc(C=Nn2c([C@@H](C)CC)nc3ccc(Br)cc3c2=O)cc1[N+](=O)[O-]. The molecule has 0 saturated carbocycles. The van der Waals surface area contributed by atoms with E-state index in [1.54, 1.807) is 26.0 Å². The van der Waals surface area contributed by atoms with Gasteiger partial charge in [0.1, 0.15) is 5.82 Å². The number of hydrogen-bond acceptors (Lipinski definition) is 9. The third kappa shape index (κ3) is 6.36. The monoisotopic (exact) mass is 588 g/mol. The Morgan fingerprint density at radius 3 is 2.58 bits per heavy atom. The first kappa shape index (κ1) is 28.8. The highest BCUT2D eigenvalue weighted by molar-refractivity contribution is 9.10. The summed E-state index contributed by atoms with van der Waals surface area (Å²) in [4.78, 5) is 41.4. The van der Waals surface area contributed by atoms with Gasteiger partial charge in [-0.2, -0.15) is 9.78 Å². The number of nitro benzene ring substituents is 1. The van der Waals surface area contributed by atoms with Crippen molar-refractivity contribution in [2.75, 3.05) is 13.2 Å². The standard InChI is InChI=1S/C26H29BrN4O7/c1-6-15(4)24-29-20-10-9-18(27)13-19(20)25(32)30(24)28-14-17-11-21(31(34)35)23(22(12-17)36-7-2)38-16(5)26(33)37-8-3/h9-16H,6-8H2,1-5H3/t15-,16+/m0/s1. The van der Waals surface area contributed by atoms with Crippen LogP contribution in [0.1, 0.15) is 58.3 Å². The predicted octanol–water partition coefficient (Wildman–Crippen LogP) is 5.19. The van der Waals surface area contributed by atoms with Gasteiger partial charge >= 0.3 is 11.7 Å². The molecule has 11 nitrogen and oxygen atoms in total. The molecule has 0 N–H and O–H groups in total. The van der Waals surface area contributed by atoms with Gasteiger partial charge in [0.15, 0.2) is 11.9 Å². The first-order chi connectivity index (χ1) is 18.1. The Morgan fingerprint density at radius 2 is 1.95 bits per heavy atom. The number of hydrogen-bond donors (Lipinski definition) is 0. The van der Waals surface area contributed by atoms with E-state index in [-0.39, 0.29) is 41.8 Å². The lowest BCUT2D eigenvalue weighted by Gasteiger charge is -2.17. The number of carbonyl (C=O) groups excluding carboxylic acids is 1. The van der Waals surface area contributed by atoms with Crippen LogP contribution >= 0.6 is 15.9 Å². The molecule has 2 aromatic carbocycles. The topological polar surface area (TPSA) is 135 Å². The number of rotatable bonds is 11. The van der Waals surface area contributed by atoms with Crippen LogP contribution in [0.5, 0.6) is 11.5 Å². The maximum absolute atomic E-state index is 13.4. The molecule has 0 saturated heterocycles. The summed E-state index contributed by atoms with van der Waals surface area (Å²) in [6, 6.07) is 7.97. The molecule has 0 unspecified atom stereocenters. The smallest absolute Gasteiger partial charge is 0.347 e. The van der Waals surface area contributed by atoms with Crippen molar-refractivity contribution in [1.29, 1.82) is 0 Å². The molecular formula is C26H29BrN4O7. The maximum atomic E-state index is 13.4. The summed E-state index contributed by atoms with van der Waals surface area (Å²) >= 11 is 3.38. The van der Waals surface area contributed by atoms with E-state index >= 15 is 0 Å². The van der Waals surface area contributed by atoms with Gasteiger partial charge in [-0.25, -0.2) is 9.78 Å². The van der Waals surface area contributed by atoms with Crippen LogP contribution in [0.15, 0.2) is 44.7 Å². The number of halogens is 1. The minimum absolute atomic E-state index is 0.0503. The third-order valence-corrected chi connectivity index (χ3v) is 6.17. The lowest BCUT2D eigenvalue weighted by atomic mass is 10.1. The summed E-state index contributed by atoms with van der Waals surface area (Å²) in [5.41, 5.74) is 0.0354. The fourth-order valence-electron chi connectivity index (χ4n) is 3.59. The van der Waals surface area contributed by atoms with Gasteiger partial charge in [-0.15, -0.1) is 0 Å². The average Bonchev–Trinajstić information content (AvgIpc) is 2.89. The summed E-state index contributed by atoms with van der Waals surface area (Å²) in [6.45, 7) is 9.03. The molecule has 3 aromatic rings. The quantitative estimate of drug-likeness (QED) is 0.129. The van der Waals surface area contributed by atoms with E-state index in [9.17, 15) is 19.7 Å².